The van der Waals surface area contributed by atoms with Gasteiger partial charge in [-0.05, 0) is 69.4 Å². The summed E-state index contributed by atoms with van der Waals surface area (Å²) >= 11 is 0. The highest BCUT2D eigenvalue weighted by atomic mass is 16.6. The molecule has 5 rings (SSSR count). The summed E-state index contributed by atoms with van der Waals surface area (Å²) < 4.78 is 18.5. The summed E-state index contributed by atoms with van der Waals surface area (Å²) in [5, 5.41) is 13.5. The summed E-state index contributed by atoms with van der Waals surface area (Å²) in [6.07, 6.45) is 2.99. The molecule has 0 radical (unpaired) electrons. The van der Waals surface area contributed by atoms with Crippen molar-refractivity contribution in [2.75, 3.05) is 19.7 Å². The molecule has 3 saturated heterocycles. The second-order valence-corrected chi connectivity index (χ2v) is 12.8. The number of nitrogens with zero attached hydrogens (tertiary/aromatic N) is 1. The maximum absolute atomic E-state index is 13.8. The quantitative estimate of drug-likeness (QED) is 0.531. The Balaban J connectivity index is 1.22. The Kier molecular flexibility index (Phi) is 8.73. The number of rotatable bonds is 6. The third-order valence-corrected chi connectivity index (χ3v) is 9.39. The zero-order chi connectivity index (χ0) is 29.1. The fraction of sp³-hybridized carbons (Fsp3) is 0.576. The average Bonchev–Trinajstić information content (AvgIpc) is 3.06. The molecule has 2 aromatic rings. The molecule has 3 aliphatic heterocycles. The number of hydrogen-bond acceptors (Lipinski definition) is 6. The number of aliphatic hydroxyl groups excluding tert-OH is 1. The first-order chi connectivity index (χ1) is 19.6. The second-order valence-electron chi connectivity index (χ2n) is 12.8. The highest BCUT2D eigenvalue weighted by Crippen LogP contribution is 2.49. The van der Waals surface area contributed by atoms with Gasteiger partial charge in [0.15, 0.2) is 0 Å². The maximum Gasteiger partial charge on any atom is 0.408 e. The molecule has 0 unspecified atom stereocenters. The first-order valence-corrected chi connectivity index (χ1v) is 14.9. The van der Waals surface area contributed by atoms with Crippen molar-refractivity contribution in [3.63, 3.8) is 0 Å². The molecular weight excluding hydrogens is 520 g/mol. The van der Waals surface area contributed by atoms with E-state index in [1.165, 1.54) is 0 Å². The second kappa shape index (κ2) is 12.1. The van der Waals surface area contributed by atoms with Gasteiger partial charge in [-0.15, -0.1) is 0 Å². The molecule has 222 valence electrons. The van der Waals surface area contributed by atoms with E-state index < -0.39 is 29.4 Å². The molecule has 0 bridgehead atoms. The van der Waals surface area contributed by atoms with Crippen LogP contribution < -0.4 is 5.32 Å². The van der Waals surface area contributed by atoms with Gasteiger partial charge in [0.05, 0.1) is 30.0 Å². The van der Waals surface area contributed by atoms with Crippen LogP contribution in [0.4, 0.5) is 4.79 Å². The third kappa shape index (κ3) is 6.93. The number of hydrogen-bond donors (Lipinski definition) is 2. The van der Waals surface area contributed by atoms with Crippen LogP contribution in [0.1, 0.15) is 64.0 Å². The van der Waals surface area contributed by atoms with Gasteiger partial charge in [0, 0.05) is 19.5 Å². The van der Waals surface area contributed by atoms with E-state index in [1.54, 1.807) is 0 Å². The van der Waals surface area contributed by atoms with E-state index >= 15 is 0 Å². The normalized spacial score (nSPS) is 27.8. The smallest absolute Gasteiger partial charge is 0.408 e. The van der Waals surface area contributed by atoms with Crippen molar-refractivity contribution in [1.82, 2.24) is 10.2 Å². The Morgan fingerprint density at radius 2 is 1.63 bits per heavy atom. The van der Waals surface area contributed by atoms with Crippen molar-refractivity contribution < 1.29 is 28.9 Å². The van der Waals surface area contributed by atoms with Crippen molar-refractivity contribution in [1.29, 1.82) is 0 Å². The summed E-state index contributed by atoms with van der Waals surface area (Å²) in [5.74, 6) is -0.100. The van der Waals surface area contributed by atoms with Gasteiger partial charge in [-0.25, -0.2) is 4.79 Å². The Labute approximate surface area is 243 Å². The minimum atomic E-state index is -0.729. The topological polar surface area (TPSA) is 97.3 Å². The first kappa shape index (κ1) is 29.5. The number of benzene rings is 2. The fourth-order valence-electron chi connectivity index (χ4n) is 6.42. The predicted molar refractivity (Wildman–Crippen MR) is 155 cm³/mol. The van der Waals surface area contributed by atoms with Crippen LogP contribution in [0.5, 0.6) is 0 Å². The minimum absolute atomic E-state index is 0.0801. The highest BCUT2D eigenvalue weighted by Gasteiger charge is 2.53. The predicted octanol–water partition coefficient (Wildman–Crippen LogP) is 4.63. The van der Waals surface area contributed by atoms with Gasteiger partial charge in [-0.3, -0.25) is 4.79 Å². The van der Waals surface area contributed by atoms with Crippen LogP contribution in [0.15, 0.2) is 60.7 Å². The summed E-state index contributed by atoms with van der Waals surface area (Å²) in [4.78, 5) is 28.4. The van der Waals surface area contributed by atoms with Gasteiger partial charge in [0.25, 0.3) is 0 Å². The number of fused-ring (bicyclic) bond motifs is 1. The van der Waals surface area contributed by atoms with E-state index in [0.717, 1.165) is 36.8 Å². The lowest BCUT2D eigenvalue weighted by molar-refractivity contribution is -0.240. The third-order valence-electron chi connectivity index (χ3n) is 9.39. The van der Waals surface area contributed by atoms with E-state index in [0.29, 0.717) is 32.5 Å². The van der Waals surface area contributed by atoms with Crippen LogP contribution in [0.25, 0.3) is 0 Å². The number of likely N-dealkylation sites (tertiary alicyclic amines) is 1. The monoisotopic (exact) mass is 564 g/mol. The number of carbonyl (C=O) groups is 2. The molecule has 1 spiro atoms. The molecule has 3 fully saturated rings. The van der Waals surface area contributed by atoms with Crippen LogP contribution in [0.2, 0.25) is 0 Å². The van der Waals surface area contributed by atoms with Gasteiger partial charge < -0.3 is 29.5 Å². The number of alkyl carbamates (subject to hydrolysis) is 1. The van der Waals surface area contributed by atoms with Crippen molar-refractivity contribution in [3.05, 3.63) is 71.8 Å². The molecule has 2 N–H and O–H groups in total. The number of carbonyl (C=O) groups excluding carboxylic acids is 2. The van der Waals surface area contributed by atoms with Crippen LogP contribution >= 0.6 is 0 Å². The van der Waals surface area contributed by atoms with Crippen molar-refractivity contribution in [2.24, 2.45) is 5.41 Å². The van der Waals surface area contributed by atoms with Gasteiger partial charge in [0.1, 0.15) is 12.6 Å². The van der Waals surface area contributed by atoms with Crippen molar-refractivity contribution in [2.45, 2.75) is 95.4 Å². The molecule has 0 aliphatic carbocycles. The van der Waals surface area contributed by atoms with E-state index in [2.05, 4.69) is 12.2 Å². The van der Waals surface area contributed by atoms with E-state index in [4.69, 9.17) is 14.2 Å². The first-order valence-electron chi connectivity index (χ1n) is 14.9. The molecule has 4 atom stereocenters. The summed E-state index contributed by atoms with van der Waals surface area (Å²) in [6.45, 7) is 7.95. The van der Waals surface area contributed by atoms with Gasteiger partial charge in [-0.2, -0.15) is 0 Å². The molecule has 3 aliphatic rings. The molecule has 8 heteroatoms. The molecular formula is C33H44N2O6. The van der Waals surface area contributed by atoms with Crippen LogP contribution in [0, 0.1) is 5.41 Å². The lowest BCUT2D eigenvalue weighted by atomic mass is 9.69. The molecule has 2 aromatic carbocycles. The van der Waals surface area contributed by atoms with Crippen LogP contribution in [-0.4, -0.2) is 71.2 Å². The molecule has 41 heavy (non-hydrogen) atoms. The summed E-state index contributed by atoms with van der Waals surface area (Å²) in [7, 11) is 0. The standard InChI is InChI=1S/C33H44N2O6/c1-31(2)27(36)14-15-32(3)28(41-31)21-33(23-40-32)16-18-35(19-17-33)29(37)26(20-24-10-6-4-7-11-24)34-30(38)39-22-25-12-8-5-9-13-25/h4-13,26-28,36H,14-23H2,1-3H3,(H,34,38)/t26-,27-,28-,32+/m0/s1. The molecule has 8 nitrogen and oxygen atoms in total. The van der Waals surface area contributed by atoms with Crippen molar-refractivity contribution >= 4 is 12.0 Å². The summed E-state index contributed by atoms with van der Waals surface area (Å²) in [6, 6.07) is 18.5. The van der Waals surface area contributed by atoms with Crippen molar-refractivity contribution in [3.8, 4) is 0 Å². The fourth-order valence-corrected chi connectivity index (χ4v) is 6.42. The SMILES string of the molecule is CC1(C)O[C@H]2CC3(CCN(C(=O)[C@H](Cc4ccccc4)NC(=O)OCc4ccccc4)CC3)CO[C@]2(C)CC[C@@H]1O. The number of nitrogens with one attached hydrogen (secondary N) is 1. The number of aliphatic hydroxyl groups is 1. The van der Waals surface area contributed by atoms with Gasteiger partial charge in [0.2, 0.25) is 5.91 Å². The number of piperidine rings is 1. The van der Waals surface area contributed by atoms with Gasteiger partial charge in [-0.1, -0.05) is 60.7 Å². The largest absolute Gasteiger partial charge is 0.445 e. The molecule has 0 saturated carbocycles. The number of ether oxygens (including phenoxy) is 3. The zero-order valence-corrected chi connectivity index (χ0v) is 24.5. The summed E-state index contributed by atoms with van der Waals surface area (Å²) in [5.41, 5.74) is 0.724. The lowest BCUT2D eigenvalue weighted by Gasteiger charge is -2.52. The molecule has 3 heterocycles. The molecule has 2 amide bonds. The minimum Gasteiger partial charge on any atom is -0.445 e. The maximum atomic E-state index is 13.8. The Hall–Kier alpha value is -2.94. The Morgan fingerprint density at radius 1 is 1.00 bits per heavy atom. The van der Waals surface area contributed by atoms with Gasteiger partial charge >= 0.3 is 6.09 Å². The van der Waals surface area contributed by atoms with E-state index in [9.17, 15) is 14.7 Å². The van der Waals surface area contributed by atoms with Crippen LogP contribution in [0.3, 0.4) is 0 Å². The lowest BCUT2D eigenvalue weighted by Crippen LogP contribution is -2.59. The van der Waals surface area contributed by atoms with Crippen LogP contribution in [-0.2, 0) is 32.0 Å². The van der Waals surface area contributed by atoms with E-state index in [1.807, 2.05) is 79.4 Å². The zero-order valence-electron chi connectivity index (χ0n) is 24.5. The number of amides is 2. The van der Waals surface area contributed by atoms with E-state index in [-0.39, 0.29) is 24.0 Å². The average molecular weight is 565 g/mol. The molecule has 0 aromatic heterocycles. The Bertz CT molecular complexity index is 1180. The Morgan fingerprint density at radius 3 is 2.29 bits per heavy atom. The highest BCUT2D eigenvalue weighted by molar-refractivity contribution is 5.86.